The van der Waals surface area contributed by atoms with E-state index in [0.29, 0.717) is 11.1 Å². The van der Waals surface area contributed by atoms with E-state index in [0.717, 1.165) is 6.07 Å². The Morgan fingerprint density at radius 2 is 1.84 bits per heavy atom. The fourth-order valence-electron chi connectivity index (χ4n) is 1.69. The summed E-state index contributed by atoms with van der Waals surface area (Å²) in [5, 5.41) is 0. The van der Waals surface area contributed by atoms with Gasteiger partial charge in [0.05, 0.1) is 0 Å². The van der Waals surface area contributed by atoms with Gasteiger partial charge in [0.1, 0.15) is 11.6 Å². The molecule has 19 heavy (non-hydrogen) atoms. The zero-order valence-corrected chi connectivity index (χ0v) is 10.2. The number of benzene rings is 1. The fraction of sp³-hybridized carbons (Fsp3) is 0.273. The third-order valence-corrected chi connectivity index (χ3v) is 3.58. The minimum Gasteiger partial charge on any atom is -0.381 e. The lowest BCUT2D eigenvalue weighted by atomic mass is 9.96. The van der Waals surface area contributed by atoms with Crippen LogP contribution in [0.1, 0.15) is 11.1 Å². The van der Waals surface area contributed by atoms with Crippen molar-refractivity contribution in [2.24, 2.45) is 0 Å². The second-order valence-corrected chi connectivity index (χ2v) is 5.49. The lowest BCUT2D eigenvalue weighted by Crippen LogP contribution is -2.26. The van der Waals surface area contributed by atoms with Crippen LogP contribution in [0.25, 0.3) is 0 Å². The molecule has 0 spiro atoms. The van der Waals surface area contributed by atoms with Crippen LogP contribution in [0.3, 0.4) is 0 Å². The van der Waals surface area contributed by atoms with E-state index in [2.05, 4.69) is 4.18 Å². The quantitative estimate of drug-likeness (QED) is 0.479. The van der Waals surface area contributed by atoms with Gasteiger partial charge in [0, 0.05) is 6.42 Å². The van der Waals surface area contributed by atoms with Crippen molar-refractivity contribution in [2.45, 2.75) is 18.3 Å². The van der Waals surface area contributed by atoms with E-state index in [1.807, 2.05) is 0 Å². The Kier molecular flexibility index (Phi) is 3.29. The van der Waals surface area contributed by atoms with E-state index in [1.54, 1.807) is 0 Å². The van der Waals surface area contributed by atoms with Gasteiger partial charge in [0.2, 0.25) is 0 Å². The molecule has 2 rings (SSSR count). The first-order chi connectivity index (χ1) is 8.69. The van der Waals surface area contributed by atoms with Crippen LogP contribution in [0, 0.1) is 5.82 Å². The van der Waals surface area contributed by atoms with Gasteiger partial charge in [-0.3, -0.25) is 0 Å². The normalized spacial score (nSPS) is 15.7. The molecule has 1 aromatic carbocycles. The number of rotatable bonds is 2. The molecule has 1 aromatic rings. The third-order valence-electron chi connectivity index (χ3n) is 2.58. The van der Waals surface area contributed by atoms with Gasteiger partial charge >= 0.3 is 15.6 Å². The second-order valence-electron chi connectivity index (χ2n) is 3.95. The van der Waals surface area contributed by atoms with Crippen LogP contribution in [0.4, 0.5) is 17.6 Å². The van der Waals surface area contributed by atoms with Gasteiger partial charge in [-0.2, -0.15) is 21.6 Å². The van der Waals surface area contributed by atoms with Gasteiger partial charge in [0.25, 0.3) is 0 Å². The molecule has 0 bridgehead atoms. The summed E-state index contributed by atoms with van der Waals surface area (Å²) in [6.07, 6.45) is 1.20. The van der Waals surface area contributed by atoms with Gasteiger partial charge in [-0.15, -0.1) is 0 Å². The summed E-state index contributed by atoms with van der Waals surface area (Å²) in [5.74, 6) is -0.768. The molecular formula is C11H8F4O3S. The highest BCUT2D eigenvalue weighted by atomic mass is 32.2. The molecule has 0 heterocycles. The van der Waals surface area contributed by atoms with Crippen LogP contribution < -0.4 is 0 Å². The first-order valence-corrected chi connectivity index (χ1v) is 6.57. The highest BCUT2D eigenvalue weighted by Crippen LogP contribution is 2.30. The molecule has 0 unspecified atom stereocenters. The van der Waals surface area contributed by atoms with E-state index in [4.69, 9.17) is 0 Å². The predicted octanol–water partition coefficient (Wildman–Crippen LogP) is 2.67. The number of halogens is 4. The molecule has 0 saturated carbocycles. The monoisotopic (exact) mass is 296 g/mol. The molecule has 1 aliphatic rings. The summed E-state index contributed by atoms with van der Waals surface area (Å²) < 4.78 is 75.1. The molecule has 0 N–H and O–H groups in total. The van der Waals surface area contributed by atoms with Crippen LogP contribution in [-0.4, -0.2) is 13.9 Å². The molecule has 0 aromatic heterocycles. The number of hydrogen-bond acceptors (Lipinski definition) is 3. The minimum atomic E-state index is -5.65. The molecule has 0 aliphatic heterocycles. The molecule has 3 nitrogen and oxygen atoms in total. The number of alkyl halides is 3. The lowest BCUT2D eigenvalue weighted by molar-refractivity contribution is -0.0523. The Morgan fingerprint density at radius 1 is 1.16 bits per heavy atom. The second kappa shape index (κ2) is 4.52. The van der Waals surface area contributed by atoms with Crippen molar-refractivity contribution in [3.05, 3.63) is 47.0 Å². The Morgan fingerprint density at radius 3 is 2.47 bits per heavy atom. The average molecular weight is 296 g/mol. The van der Waals surface area contributed by atoms with Crippen molar-refractivity contribution in [2.75, 3.05) is 0 Å². The highest BCUT2D eigenvalue weighted by Gasteiger charge is 2.48. The lowest BCUT2D eigenvalue weighted by Gasteiger charge is -2.18. The van der Waals surface area contributed by atoms with Crippen LogP contribution in [0.2, 0.25) is 0 Å². The Hall–Kier alpha value is -1.57. The van der Waals surface area contributed by atoms with Gasteiger partial charge in [-0.05, 0) is 35.8 Å². The van der Waals surface area contributed by atoms with E-state index in [1.165, 1.54) is 18.2 Å². The van der Waals surface area contributed by atoms with Gasteiger partial charge in [0.15, 0.2) is 0 Å². The predicted molar refractivity (Wildman–Crippen MR) is 58.0 cm³/mol. The largest absolute Gasteiger partial charge is 0.534 e. The maximum Gasteiger partial charge on any atom is 0.534 e. The molecule has 0 atom stereocenters. The van der Waals surface area contributed by atoms with Crippen LogP contribution in [0.15, 0.2) is 30.0 Å². The minimum absolute atomic E-state index is 0.120. The van der Waals surface area contributed by atoms with E-state index >= 15 is 0 Å². The van der Waals surface area contributed by atoms with E-state index < -0.39 is 21.4 Å². The van der Waals surface area contributed by atoms with Crippen molar-refractivity contribution < 1.29 is 30.2 Å². The maximum absolute atomic E-state index is 12.9. The Balaban J connectivity index is 2.20. The zero-order valence-electron chi connectivity index (χ0n) is 9.37. The van der Waals surface area contributed by atoms with Crippen molar-refractivity contribution in [1.82, 2.24) is 0 Å². The Bertz CT molecular complexity index is 632. The molecule has 0 saturated heterocycles. The molecule has 0 fully saturated rings. The first kappa shape index (κ1) is 13.9. The third kappa shape index (κ3) is 2.89. The summed E-state index contributed by atoms with van der Waals surface area (Å²) in [4.78, 5) is 0. The molecule has 0 radical (unpaired) electrons. The van der Waals surface area contributed by atoms with Crippen LogP contribution in [0.5, 0.6) is 0 Å². The zero-order chi connectivity index (χ0) is 14.3. The van der Waals surface area contributed by atoms with Crippen molar-refractivity contribution in [1.29, 1.82) is 0 Å². The molecule has 8 heteroatoms. The molecule has 0 amide bonds. The average Bonchev–Trinajstić information content (AvgIpc) is 2.27. The summed E-state index contributed by atoms with van der Waals surface area (Å²) in [6, 6.07) is 3.79. The van der Waals surface area contributed by atoms with Crippen LogP contribution >= 0.6 is 0 Å². The van der Waals surface area contributed by atoms with Gasteiger partial charge < -0.3 is 4.18 Å². The van der Waals surface area contributed by atoms with Crippen LogP contribution in [-0.2, 0) is 27.1 Å². The smallest absolute Gasteiger partial charge is 0.381 e. The van der Waals surface area contributed by atoms with Crippen molar-refractivity contribution >= 4 is 10.1 Å². The molecular weight excluding hydrogens is 288 g/mol. The molecule has 104 valence electrons. The summed E-state index contributed by atoms with van der Waals surface area (Å²) in [6.45, 7) is 0. The van der Waals surface area contributed by atoms with Crippen molar-refractivity contribution in [3.63, 3.8) is 0 Å². The first-order valence-electron chi connectivity index (χ1n) is 5.16. The summed E-state index contributed by atoms with van der Waals surface area (Å²) in [5.41, 5.74) is -4.33. The van der Waals surface area contributed by atoms with Gasteiger partial charge in [-0.25, -0.2) is 4.39 Å². The number of fused-ring (bicyclic) bond motifs is 1. The highest BCUT2D eigenvalue weighted by molar-refractivity contribution is 7.87. The topological polar surface area (TPSA) is 43.4 Å². The van der Waals surface area contributed by atoms with Crippen molar-refractivity contribution in [3.8, 4) is 0 Å². The molecule has 1 aliphatic carbocycles. The maximum atomic E-state index is 12.9. The standard InChI is InChI=1S/C11H8F4O3S/c12-9-3-1-8-6-10(4-2-7(8)5-9)18-19(16,17)11(13,14)15/h1,3-5H,2,6H2. The van der Waals surface area contributed by atoms with Gasteiger partial charge in [-0.1, -0.05) is 6.07 Å². The number of hydrogen-bond donors (Lipinski definition) is 0. The van der Waals surface area contributed by atoms with E-state index in [9.17, 15) is 26.0 Å². The fourth-order valence-corrected chi connectivity index (χ4v) is 2.20. The summed E-state index contributed by atoms with van der Waals surface area (Å²) >= 11 is 0. The number of allylic oxidation sites excluding steroid dienone is 2. The summed E-state index contributed by atoms with van der Waals surface area (Å²) in [7, 11) is -5.65. The Labute approximate surface area is 106 Å². The SMILES string of the molecule is O=S(=O)(OC1=CCc2cc(F)ccc2C1)C(F)(F)F. The van der Waals surface area contributed by atoms with E-state index in [-0.39, 0.29) is 18.6 Å².